The van der Waals surface area contributed by atoms with Crippen LogP contribution in [-0.4, -0.2) is 18.8 Å². The molecule has 1 N–H and O–H groups in total. The summed E-state index contributed by atoms with van der Waals surface area (Å²) in [5, 5.41) is 3.85. The highest BCUT2D eigenvalue weighted by Crippen LogP contribution is 2.25. The fourth-order valence-corrected chi connectivity index (χ4v) is 2.67. The van der Waals surface area contributed by atoms with Crippen molar-refractivity contribution >= 4 is 29.3 Å². The lowest BCUT2D eigenvalue weighted by atomic mass is 10.2. The molecular formula is C19H21Cl2NO3. The van der Waals surface area contributed by atoms with Crippen molar-refractivity contribution in [3.63, 3.8) is 0 Å². The number of nitrogens with one attached hydrogen (secondary N) is 1. The van der Waals surface area contributed by atoms with Crippen LogP contribution in [0.3, 0.4) is 0 Å². The van der Waals surface area contributed by atoms with Crippen LogP contribution in [0.15, 0.2) is 48.5 Å². The van der Waals surface area contributed by atoms with Gasteiger partial charge < -0.3 is 14.8 Å². The van der Waals surface area contributed by atoms with Gasteiger partial charge in [-0.2, -0.15) is 0 Å². The topological polar surface area (TPSA) is 47.6 Å². The Labute approximate surface area is 158 Å². The summed E-state index contributed by atoms with van der Waals surface area (Å²) in [6.45, 7) is 2.90. The molecule has 134 valence electrons. The molecule has 4 nitrogen and oxygen atoms in total. The zero-order valence-electron chi connectivity index (χ0n) is 14.0. The van der Waals surface area contributed by atoms with Crippen LogP contribution in [0.25, 0.3) is 0 Å². The Morgan fingerprint density at radius 1 is 1.08 bits per heavy atom. The van der Waals surface area contributed by atoms with Gasteiger partial charge in [-0.25, -0.2) is 4.79 Å². The van der Waals surface area contributed by atoms with E-state index in [2.05, 4.69) is 5.32 Å². The zero-order chi connectivity index (χ0) is 18.1. The first kappa shape index (κ1) is 19.6. The van der Waals surface area contributed by atoms with Gasteiger partial charge in [0, 0.05) is 22.2 Å². The van der Waals surface area contributed by atoms with Gasteiger partial charge in [0.15, 0.2) is 0 Å². The Balaban J connectivity index is 1.75. The van der Waals surface area contributed by atoms with E-state index in [0.717, 1.165) is 11.1 Å². The van der Waals surface area contributed by atoms with E-state index in [4.69, 9.17) is 32.7 Å². The zero-order valence-corrected chi connectivity index (χ0v) is 15.5. The largest absolute Gasteiger partial charge is 0.444 e. The molecule has 0 radical (unpaired) electrons. The van der Waals surface area contributed by atoms with Crippen molar-refractivity contribution in [2.45, 2.75) is 32.6 Å². The quantitative estimate of drug-likeness (QED) is 0.681. The van der Waals surface area contributed by atoms with Crippen molar-refractivity contribution in [2.24, 2.45) is 0 Å². The normalized spacial score (nSPS) is 11.8. The van der Waals surface area contributed by atoms with Gasteiger partial charge in [0.25, 0.3) is 0 Å². The van der Waals surface area contributed by atoms with E-state index in [-0.39, 0.29) is 19.3 Å². The molecule has 2 aromatic rings. The molecule has 0 aliphatic rings. The highest BCUT2D eigenvalue weighted by Gasteiger charge is 2.14. The third-order valence-corrected chi connectivity index (χ3v) is 4.33. The number of ether oxygens (including phenoxy) is 2. The molecule has 25 heavy (non-hydrogen) atoms. The molecule has 2 aromatic carbocycles. The second kappa shape index (κ2) is 10.3. The average Bonchev–Trinajstić information content (AvgIpc) is 2.62. The van der Waals surface area contributed by atoms with Crippen LogP contribution in [0.5, 0.6) is 0 Å². The van der Waals surface area contributed by atoms with Crippen molar-refractivity contribution in [3.8, 4) is 0 Å². The van der Waals surface area contributed by atoms with Crippen molar-refractivity contribution in [1.29, 1.82) is 0 Å². The summed E-state index contributed by atoms with van der Waals surface area (Å²) in [5.41, 5.74) is 1.74. The van der Waals surface area contributed by atoms with E-state index in [1.807, 2.05) is 37.3 Å². The van der Waals surface area contributed by atoms with Gasteiger partial charge in [0.05, 0.1) is 13.2 Å². The molecule has 0 saturated heterocycles. The lowest BCUT2D eigenvalue weighted by Crippen LogP contribution is -2.30. The van der Waals surface area contributed by atoms with E-state index < -0.39 is 6.09 Å². The summed E-state index contributed by atoms with van der Waals surface area (Å²) in [6.07, 6.45) is -0.151. The Kier molecular flexibility index (Phi) is 8.06. The lowest BCUT2D eigenvalue weighted by Gasteiger charge is -2.17. The maximum absolute atomic E-state index is 11.9. The minimum atomic E-state index is -0.463. The van der Waals surface area contributed by atoms with Crippen LogP contribution in [0.4, 0.5) is 4.79 Å². The van der Waals surface area contributed by atoms with Gasteiger partial charge in [-0.3, -0.25) is 0 Å². The van der Waals surface area contributed by atoms with Gasteiger partial charge in [0.2, 0.25) is 0 Å². The van der Waals surface area contributed by atoms with E-state index in [1.54, 1.807) is 18.2 Å². The summed E-state index contributed by atoms with van der Waals surface area (Å²) in [4.78, 5) is 11.9. The molecule has 6 heteroatoms. The highest BCUT2D eigenvalue weighted by molar-refractivity contribution is 6.35. The molecule has 0 bridgehead atoms. The van der Waals surface area contributed by atoms with E-state index in [9.17, 15) is 4.79 Å². The second-order valence-electron chi connectivity index (χ2n) is 5.49. The van der Waals surface area contributed by atoms with Gasteiger partial charge in [0.1, 0.15) is 6.10 Å². The van der Waals surface area contributed by atoms with Crippen LogP contribution in [0, 0.1) is 0 Å². The number of halogens is 2. The number of carbonyl (C=O) groups excluding carboxylic acids is 1. The maximum atomic E-state index is 11.9. The van der Waals surface area contributed by atoms with Crippen LogP contribution in [-0.2, 0) is 22.6 Å². The van der Waals surface area contributed by atoms with Crippen LogP contribution in [0.1, 0.15) is 24.5 Å². The summed E-state index contributed by atoms with van der Waals surface area (Å²) in [7, 11) is 0. The van der Waals surface area contributed by atoms with Crippen LogP contribution < -0.4 is 5.32 Å². The minimum absolute atomic E-state index is 0.268. The third kappa shape index (κ3) is 6.58. The summed E-state index contributed by atoms with van der Waals surface area (Å²) in [6, 6.07) is 15.0. The number of amides is 1. The molecule has 0 aliphatic carbocycles. The lowest BCUT2D eigenvalue weighted by molar-refractivity contribution is 0.0118. The summed E-state index contributed by atoms with van der Waals surface area (Å²) in [5.74, 6) is 0. The number of alkyl carbamates (subject to hydrolysis) is 1. The third-order valence-electron chi connectivity index (χ3n) is 3.62. The Hall–Kier alpha value is -1.75. The number of hydrogen-bond donors (Lipinski definition) is 1. The molecule has 1 atom stereocenters. The summed E-state index contributed by atoms with van der Waals surface area (Å²) < 4.78 is 11.0. The molecule has 0 saturated carbocycles. The van der Waals surface area contributed by atoms with E-state index >= 15 is 0 Å². The van der Waals surface area contributed by atoms with Gasteiger partial charge in [-0.1, -0.05) is 66.5 Å². The average molecular weight is 382 g/mol. The van der Waals surface area contributed by atoms with Crippen molar-refractivity contribution in [3.05, 3.63) is 69.7 Å². The van der Waals surface area contributed by atoms with Gasteiger partial charge >= 0.3 is 6.09 Å². The number of rotatable bonds is 8. The Morgan fingerprint density at radius 2 is 1.76 bits per heavy atom. The molecule has 0 aromatic heterocycles. The predicted octanol–water partition coefficient (Wildman–Crippen LogP) is 5.22. The fraction of sp³-hybridized carbons (Fsp3) is 0.316. The van der Waals surface area contributed by atoms with E-state index in [0.29, 0.717) is 23.0 Å². The van der Waals surface area contributed by atoms with Gasteiger partial charge in [-0.05, 0) is 24.1 Å². The van der Waals surface area contributed by atoms with Crippen molar-refractivity contribution < 1.29 is 14.3 Å². The first-order chi connectivity index (χ1) is 12.1. The van der Waals surface area contributed by atoms with Gasteiger partial charge in [-0.15, -0.1) is 0 Å². The number of carbonyl (C=O) groups is 1. The van der Waals surface area contributed by atoms with Crippen LogP contribution >= 0.6 is 23.2 Å². The van der Waals surface area contributed by atoms with E-state index in [1.165, 1.54) is 0 Å². The molecule has 0 heterocycles. The first-order valence-electron chi connectivity index (χ1n) is 8.09. The number of benzene rings is 2. The van der Waals surface area contributed by atoms with Crippen molar-refractivity contribution in [1.82, 2.24) is 5.32 Å². The molecule has 1 unspecified atom stereocenters. The minimum Gasteiger partial charge on any atom is -0.444 e. The maximum Gasteiger partial charge on any atom is 0.407 e. The van der Waals surface area contributed by atoms with Crippen LogP contribution in [0.2, 0.25) is 10.0 Å². The molecule has 0 aliphatic heterocycles. The molecule has 0 fully saturated rings. The highest BCUT2D eigenvalue weighted by atomic mass is 35.5. The molecule has 1 amide bonds. The monoisotopic (exact) mass is 381 g/mol. The predicted molar refractivity (Wildman–Crippen MR) is 100.0 cm³/mol. The molecular weight excluding hydrogens is 361 g/mol. The standard InChI is InChI=1S/C19H21Cl2NO3/c1-2-15(12-24-13-16-17(20)9-6-10-18(16)21)25-19(23)22-11-14-7-4-3-5-8-14/h3-10,15H,2,11-13H2,1H3,(H,22,23). The molecule has 0 spiro atoms. The second-order valence-corrected chi connectivity index (χ2v) is 6.30. The smallest absolute Gasteiger partial charge is 0.407 e. The number of hydrogen-bond acceptors (Lipinski definition) is 3. The Bertz CT molecular complexity index is 659. The molecule has 2 rings (SSSR count). The Morgan fingerprint density at radius 3 is 2.40 bits per heavy atom. The first-order valence-corrected chi connectivity index (χ1v) is 8.84. The SMILES string of the molecule is CCC(COCc1c(Cl)cccc1Cl)OC(=O)NCc1ccccc1. The van der Waals surface area contributed by atoms with Crippen molar-refractivity contribution in [2.75, 3.05) is 6.61 Å². The fourth-order valence-electron chi connectivity index (χ4n) is 2.16. The summed E-state index contributed by atoms with van der Waals surface area (Å²) >= 11 is 12.2.